The monoisotopic (exact) mass is 526 g/mol. The Balaban J connectivity index is 1.34. The first-order valence-electron chi connectivity index (χ1n) is 11.0. The van der Waals surface area contributed by atoms with E-state index in [4.69, 9.17) is 0 Å². The predicted molar refractivity (Wildman–Crippen MR) is 132 cm³/mol. The number of aromatic nitrogens is 2. The maximum absolute atomic E-state index is 12.7. The number of nitrogens with zero attached hydrogens (tertiary/aromatic N) is 3. The molecule has 1 aromatic heterocycles. The molecule has 3 amide bonds. The van der Waals surface area contributed by atoms with Gasteiger partial charge in [-0.2, -0.15) is 13.9 Å². The van der Waals surface area contributed by atoms with Crippen molar-refractivity contribution in [2.45, 2.75) is 13.2 Å². The molecular weight excluding hydrogens is 506 g/mol. The van der Waals surface area contributed by atoms with Gasteiger partial charge in [0.15, 0.2) is 0 Å². The number of carbonyl (C=O) groups is 3. The normalized spacial score (nSPS) is 14.5. The minimum atomic E-state index is -2.94. The van der Waals surface area contributed by atoms with Crippen LogP contribution in [0, 0.1) is 0 Å². The van der Waals surface area contributed by atoms with Crippen LogP contribution in [0.3, 0.4) is 0 Å². The molecule has 1 saturated heterocycles. The van der Waals surface area contributed by atoms with E-state index in [2.05, 4.69) is 15.2 Å². The zero-order chi connectivity index (χ0) is 26.4. The second kappa shape index (κ2) is 11.6. The minimum absolute atomic E-state index is 0.0174. The third-order valence-electron chi connectivity index (χ3n) is 5.17. The number of amides is 3. The number of benzene rings is 2. The van der Waals surface area contributed by atoms with E-state index in [1.54, 1.807) is 0 Å². The average molecular weight is 527 g/mol. The van der Waals surface area contributed by atoms with Crippen molar-refractivity contribution in [2.24, 2.45) is 0 Å². The molecule has 12 heteroatoms. The fourth-order valence-electron chi connectivity index (χ4n) is 3.40. The molecule has 0 atom stereocenters. The van der Waals surface area contributed by atoms with Gasteiger partial charge in [0.1, 0.15) is 11.4 Å². The van der Waals surface area contributed by atoms with Crippen molar-refractivity contribution < 1.29 is 27.9 Å². The molecule has 1 aliphatic heterocycles. The number of nitrogens with one attached hydrogen (secondary N) is 1. The molecule has 4 rings (SSSR count). The highest BCUT2D eigenvalue weighted by Crippen LogP contribution is 2.32. The second-order valence-corrected chi connectivity index (χ2v) is 8.73. The molecule has 1 aliphatic rings. The quantitative estimate of drug-likeness (QED) is 0.426. The van der Waals surface area contributed by atoms with E-state index in [1.165, 1.54) is 47.2 Å². The topological polar surface area (TPSA) is 111 Å². The standard InChI is InChI=1S/C25H20F2N4O5S/c26-24(27)36-18-8-6-16(7-9-18)14-20-23(34)30(25(35)37-20)13-12-28-22(33)19-10-11-21(32)31(29-19)15-17-4-2-1-3-5-17/h1-11,14,24H,12-13,15H2,(H,28,33)/b20-14+. The van der Waals surface area contributed by atoms with E-state index >= 15 is 0 Å². The zero-order valence-corrected chi connectivity index (χ0v) is 20.0. The SMILES string of the molecule is O=C(NCCN1C(=O)S/C(=C/c2ccc(OC(F)F)cc2)C1=O)c1ccc(=O)n(Cc2ccccc2)n1. The van der Waals surface area contributed by atoms with Crippen molar-refractivity contribution >= 4 is 34.9 Å². The van der Waals surface area contributed by atoms with Crippen LogP contribution in [0.4, 0.5) is 13.6 Å². The van der Waals surface area contributed by atoms with Gasteiger partial charge in [0.2, 0.25) is 0 Å². The molecule has 0 radical (unpaired) electrons. The Morgan fingerprint density at radius 3 is 2.46 bits per heavy atom. The summed E-state index contributed by atoms with van der Waals surface area (Å²) in [5.41, 5.74) is 1.03. The number of carbonyl (C=O) groups excluding carboxylic acids is 3. The summed E-state index contributed by atoms with van der Waals surface area (Å²) in [6.45, 7) is -2.84. The highest BCUT2D eigenvalue weighted by molar-refractivity contribution is 8.18. The molecule has 2 heterocycles. The lowest BCUT2D eigenvalue weighted by Crippen LogP contribution is -2.38. The van der Waals surface area contributed by atoms with Crippen LogP contribution in [0.25, 0.3) is 6.08 Å². The van der Waals surface area contributed by atoms with Crippen molar-refractivity contribution in [3.8, 4) is 5.75 Å². The number of rotatable bonds is 9. The summed E-state index contributed by atoms with van der Waals surface area (Å²) in [4.78, 5) is 50.8. The molecule has 9 nitrogen and oxygen atoms in total. The van der Waals surface area contributed by atoms with Crippen molar-refractivity contribution in [1.82, 2.24) is 20.0 Å². The van der Waals surface area contributed by atoms with Crippen LogP contribution in [-0.4, -0.2) is 51.4 Å². The summed E-state index contributed by atoms with van der Waals surface area (Å²) in [5.74, 6) is -1.12. The van der Waals surface area contributed by atoms with Gasteiger partial charge in [0.25, 0.3) is 22.6 Å². The van der Waals surface area contributed by atoms with Crippen LogP contribution < -0.4 is 15.6 Å². The van der Waals surface area contributed by atoms with Crippen molar-refractivity contribution in [3.63, 3.8) is 0 Å². The van der Waals surface area contributed by atoms with Gasteiger partial charge < -0.3 is 10.1 Å². The second-order valence-electron chi connectivity index (χ2n) is 7.74. The molecule has 37 heavy (non-hydrogen) atoms. The first-order valence-corrected chi connectivity index (χ1v) is 11.8. The summed E-state index contributed by atoms with van der Waals surface area (Å²) >= 11 is 0.735. The highest BCUT2D eigenvalue weighted by atomic mass is 32.2. The fraction of sp³-hybridized carbons (Fsp3) is 0.160. The van der Waals surface area contributed by atoms with Gasteiger partial charge >= 0.3 is 6.61 Å². The van der Waals surface area contributed by atoms with Crippen LogP contribution >= 0.6 is 11.8 Å². The van der Waals surface area contributed by atoms with E-state index < -0.39 is 23.7 Å². The van der Waals surface area contributed by atoms with Gasteiger partial charge in [0.05, 0.1) is 11.4 Å². The Bertz CT molecular complexity index is 1390. The lowest BCUT2D eigenvalue weighted by atomic mass is 10.2. The number of alkyl halides is 2. The van der Waals surface area contributed by atoms with Crippen LogP contribution in [-0.2, 0) is 11.3 Å². The van der Waals surface area contributed by atoms with Gasteiger partial charge in [-0.25, -0.2) is 4.68 Å². The average Bonchev–Trinajstić information content (AvgIpc) is 3.14. The highest BCUT2D eigenvalue weighted by Gasteiger charge is 2.34. The van der Waals surface area contributed by atoms with E-state index in [0.29, 0.717) is 5.56 Å². The molecule has 3 aromatic rings. The Morgan fingerprint density at radius 2 is 1.76 bits per heavy atom. The minimum Gasteiger partial charge on any atom is -0.435 e. The summed E-state index contributed by atoms with van der Waals surface area (Å²) in [6.07, 6.45) is 1.47. The maximum atomic E-state index is 12.7. The molecule has 0 aliphatic carbocycles. The number of ether oxygens (including phenoxy) is 1. The van der Waals surface area contributed by atoms with E-state index in [1.807, 2.05) is 30.3 Å². The molecule has 1 fully saturated rings. The Morgan fingerprint density at radius 1 is 1.03 bits per heavy atom. The van der Waals surface area contributed by atoms with Crippen molar-refractivity contribution in [3.05, 3.63) is 98.8 Å². The molecule has 1 N–H and O–H groups in total. The van der Waals surface area contributed by atoms with E-state index in [-0.39, 0.29) is 41.5 Å². The number of thioether (sulfide) groups is 1. The van der Waals surface area contributed by atoms with Gasteiger partial charge in [-0.3, -0.25) is 24.1 Å². The zero-order valence-electron chi connectivity index (χ0n) is 19.2. The smallest absolute Gasteiger partial charge is 0.387 e. The van der Waals surface area contributed by atoms with Crippen LogP contribution in [0.1, 0.15) is 21.6 Å². The Kier molecular flexibility index (Phi) is 8.08. The van der Waals surface area contributed by atoms with Gasteiger partial charge in [-0.15, -0.1) is 0 Å². The number of halogens is 2. The summed E-state index contributed by atoms with van der Waals surface area (Å²) in [5, 5.41) is 6.20. The molecule has 190 valence electrons. The predicted octanol–water partition coefficient (Wildman–Crippen LogP) is 3.36. The number of imide groups is 1. The first kappa shape index (κ1) is 25.8. The van der Waals surface area contributed by atoms with Crippen molar-refractivity contribution in [2.75, 3.05) is 13.1 Å². The molecule has 2 aromatic carbocycles. The lowest BCUT2D eigenvalue weighted by Gasteiger charge is -2.13. The van der Waals surface area contributed by atoms with Gasteiger partial charge in [0, 0.05) is 19.2 Å². The molecule has 0 bridgehead atoms. The third kappa shape index (κ3) is 6.67. The number of hydrogen-bond donors (Lipinski definition) is 1. The Labute approximate surface area is 213 Å². The fourth-order valence-corrected chi connectivity index (χ4v) is 4.27. The van der Waals surface area contributed by atoms with Crippen LogP contribution in [0.5, 0.6) is 5.75 Å². The largest absolute Gasteiger partial charge is 0.435 e. The van der Waals surface area contributed by atoms with Crippen LogP contribution in [0.2, 0.25) is 0 Å². The molecule has 0 spiro atoms. The third-order valence-corrected chi connectivity index (χ3v) is 6.08. The summed E-state index contributed by atoms with van der Waals surface area (Å²) < 4.78 is 30.0. The number of hydrogen-bond acceptors (Lipinski definition) is 7. The molecule has 0 saturated carbocycles. The lowest BCUT2D eigenvalue weighted by molar-refractivity contribution is -0.122. The van der Waals surface area contributed by atoms with Crippen molar-refractivity contribution in [1.29, 1.82) is 0 Å². The molecule has 0 unspecified atom stereocenters. The van der Waals surface area contributed by atoms with E-state index in [9.17, 15) is 28.0 Å². The Hall–Kier alpha value is -4.32. The maximum Gasteiger partial charge on any atom is 0.387 e. The van der Waals surface area contributed by atoms with E-state index in [0.717, 1.165) is 22.2 Å². The summed E-state index contributed by atoms with van der Waals surface area (Å²) in [7, 11) is 0. The van der Waals surface area contributed by atoms with Gasteiger partial charge in [-0.05, 0) is 47.2 Å². The van der Waals surface area contributed by atoms with Crippen LogP contribution in [0.15, 0.2) is 76.4 Å². The van der Waals surface area contributed by atoms with Gasteiger partial charge in [-0.1, -0.05) is 42.5 Å². The molecular formula is C25H20F2N4O5S. The first-order chi connectivity index (χ1) is 17.8. The summed E-state index contributed by atoms with van der Waals surface area (Å²) in [6, 6.07) is 17.4.